The van der Waals surface area contributed by atoms with Crippen molar-refractivity contribution in [2.75, 3.05) is 12.5 Å². The van der Waals surface area contributed by atoms with Gasteiger partial charge in [0.15, 0.2) is 5.78 Å². The van der Waals surface area contributed by atoms with Gasteiger partial charge in [-0.15, -0.1) is 0 Å². The summed E-state index contributed by atoms with van der Waals surface area (Å²) >= 11 is 0. The molecule has 0 N–H and O–H groups in total. The molecule has 0 saturated heterocycles. The van der Waals surface area contributed by atoms with Crippen LogP contribution in [0.15, 0.2) is 51.8 Å². The van der Waals surface area contributed by atoms with Crippen LogP contribution in [0.5, 0.6) is 0 Å². The molecule has 4 heteroatoms. The predicted octanol–water partition coefficient (Wildman–Crippen LogP) is 4.29. The summed E-state index contributed by atoms with van der Waals surface area (Å²) < 4.78 is 16.0. The molecular formula is C15H16F2OS. The molecule has 0 amide bonds. The number of benzene rings is 1. The summed E-state index contributed by atoms with van der Waals surface area (Å²) in [6.07, 6.45) is 10.2. The zero-order valence-corrected chi connectivity index (χ0v) is 11.8. The highest BCUT2D eigenvalue weighted by molar-refractivity contribution is 8.36. The van der Waals surface area contributed by atoms with Gasteiger partial charge in [-0.25, -0.2) is 0 Å². The molecule has 1 aliphatic heterocycles. The summed E-state index contributed by atoms with van der Waals surface area (Å²) in [7, 11) is -1.00. The van der Waals surface area contributed by atoms with Crippen molar-refractivity contribution in [2.45, 2.75) is 17.7 Å². The molecule has 0 unspecified atom stereocenters. The van der Waals surface area contributed by atoms with E-state index < -0.39 is 10.0 Å². The zero-order valence-electron chi connectivity index (χ0n) is 11.0. The van der Waals surface area contributed by atoms with E-state index in [9.17, 15) is 4.79 Å². The maximum Gasteiger partial charge on any atom is 0.164 e. The minimum Gasteiger partial charge on any atom is -0.294 e. The minimum atomic E-state index is -1.00. The predicted molar refractivity (Wildman–Crippen MR) is 75.9 cm³/mol. The summed E-state index contributed by atoms with van der Waals surface area (Å²) in [5, 5.41) is 0. The third kappa shape index (κ3) is 2.25. The molecule has 1 aromatic rings. The highest BCUT2D eigenvalue weighted by Crippen LogP contribution is 2.62. The Labute approximate surface area is 113 Å². The van der Waals surface area contributed by atoms with Crippen molar-refractivity contribution in [3.63, 3.8) is 0 Å². The van der Waals surface area contributed by atoms with E-state index in [0.29, 0.717) is 12.2 Å². The van der Waals surface area contributed by atoms with Crippen LogP contribution in [-0.2, 0) is 11.2 Å². The van der Waals surface area contributed by atoms with E-state index >= 15 is 0 Å². The molecule has 0 aromatic heterocycles. The quantitative estimate of drug-likeness (QED) is 0.693. The van der Waals surface area contributed by atoms with Gasteiger partial charge >= 0.3 is 0 Å². The summed E-state index contributed by atoms with van der Waals surface area (Å²) in [4.78, 5) is 14.8. The molecule has 1 heterocycles. The number of fused-ring (bicyclic) bond motifs is 1. The lowest BCUT2D eigenvalue weighted by Gasteiger charge is -2.41. The largest absolute Gasteiger partial charge is 0.294 e. The average Bonchev–Trinajstić information content (AvgIpc) is 2.43. The van der Waals surface area contributed by atoms with E-state index in [0.717, 1.165) is 12.0 Å². The smallest absolute Gasteiger partial charge is 0.164 e. The van der Waals surface area contributed by atoms with Gasteiger partial charge in [-0.3, -0.25) is 4.79 Å². The van der Waals surface area contributed by atoms with Crippen molar-refractivity contribution in [1.29, 1.82) is 0 Å². The van der Waals surface area contributed by atoms with Crippen LogP contribution >= 0.6 is 10.0 Å². The second-order valence-corrected chi connectivity index (χ2v) is 8.52. The van der Waals surface area contributed by atoms with Crippen LogP contribution in [0.2, 0.25) is 0 Å². The van der Waals surface area contributed by atoms with Gasteiger partial charge in [-0.1, -0.05) is 30.4 Å². The SMILES string of the molecule is CS1(C)C2=C(Cc3ccccc31)C(=O)CC=C2.FF. The number of hydrogen-bond donors (Lipinski definition) is 0. The number of halogens is 2. The first-order chi connectivity index (χ1) is 9.10. The molecule has 0 saturated carbocycles. The van der Waals surface area contributed by atoms with Gasteiger partial charge in [0, 0.05) is 32.5 Å². The van der Waals surface area contributed by atoms with E-state index in [4.69, 9.17) is 9.15 Å². The maximum absolute atomic E-state index is 12.0. The lowest BCUT2D eigenvalue weighted by Crippen LogP contribution is -2.19. The Hall–Kier alpha value is -1.42. The van der Waals surface area contributed by atoms with Crippen molar-refractivity contribution in [1.82, 2.24) is 0 Å². The molecule has 1 nitrogen and oxygen atoms in total. The fourth-order valence-electron chi connectivity index (χ4n) is 2.75. The maximum atomic E-state index is 12.0. The third-order valence-electron chi connectivity index (χ3n) is 3.65. The first-order valence-corrected chi connectivity index (χ1v) is 8.44. The molecule has 1 aromatic carbocycles. The monoisotopic (exact) mass is 282 g/mol. The lowest BCUT2D eigenvalue weighted by molar-refractivity contribution is -0.115. The van der Waals surface area contributed by atoms with Crippen LogP contribution in [0.3, 0.4) is 0 Å². The van der Waals surface area contributed by atoms with Crippen molar-refractivity contribution in [2.24, 2.45) is 0 Å². The summed E-state index contributed by atoms with van der Waals surface area (Å²) in [6.45, 7) is 0. The number of Topliss-reactive ketones (excluding diaryl/α,β-unsaturated/α-hetero) is 1. The lowest BCUT2D eigenvalue weighted by atomic mass is 9.96. The number of allylic oxidation sites excluding steroid dienone is 3. The van der Waals surface area contributed by atoms with Gasteiger partial charge in [-0.2, -0.15) is 10.0 Å². The highest BCUT2D eigenvalue weighted by atomic mass is 32.3. The van der Waals surface area contributed by atoms with E-state index in [-0.39, 0.29) is 0 Å². The Kier molecular flexibility index (Phi) is 3.90. The first kappa shape index (κ1) is 14.0. The Bertz CT molecular complexity index is 573. The van der Waals surface area contributed by atoms with Crippen LogP contribution < -0.4 is 0 Å². The molecule has 0 spiro atoms. The van der Waals surface area contributed by atoms with Gasteiger partial charge in [0.25, 0.3) is 0 Å². The van der Waals surface area contributed by atoms with Gasteiger partial charge in [0.2, 0.25) is 0 Å². The van der Waals surface area contributed by atoms with Crippen LogP contribution in [0.1, 0.15) is 12.0 Å². The Morgan fingerprint density at radius 2 is 1.84 bits per heavy atom. The fourth-order valence-corrected chi connectivity index (χ4v) is 5.44. The molecule has 102 valence electrons. The van der Waals surface area contributed by atoms with Gasteiger partial charge in [-0.05, 0) is 29.0 Å². The number of carbonyl (C=O) groups is 1. The summed E-state index contributed by atoms with van der Waals surface area (Å²) in [5.74, 6) is 0.317. The van der Waals surface area contributed by atoms with E-state index in [2.05, 4.69) is 42.9 Å². The zero-order chi connectivity index (χ0) is 14.0. The van der Waals surface area contributed by atoms with E-state index in [1.54, 1.807) is 0 Å². The normalized spacial score (nSPS) is 20.9. The van der Waals surface area contributed by atoms with Crippen molar-refractivity contribution in [3.05, 3.63) is 52.5 Å². The van der Waals surface area contributed by atoms with Crippen LogP contribution in [0, 0.1) is 0 Å². The second-order valence-electron chi connectivity index (χ2n) is 4.98. The summed E-state index contributed by atoms with van der Waals surface area (Å²) in [6, 6.07) is 8.57. The summed E-state index contributed by atoms with van der Waals surface area (Å²) in [5.41, 5.74) is 2.40. The second kappa shape index (κ2) is 5.29. The number of ketones is 1. The van der Waals surface area contributed by atoms with Crippen molar-refractivity contribution >= 4 is 15.8 Å². The molecular weight excluding hydrogens is 266 g/mol. The number of hydrogen-bond acceptors (Lipinski definition) is 1. The molecule has 0 atom stereocenters. The molecule has 0 fully saturated rings. The molecule has 0 bridgehead atoms. The molecule has 1 aliphatic carbocycles. The number of carbonyl (C=O) groups excluding carboxylic acids is 1. The fraction of sp³-hybridized carbons (Fsp3) is 0.267. The number of rotatable bonds is 0. The van der Waals surface area contributed by atoms with Gasteiger partial charge in [0.05, 0.1) is 0 Å². The Balaban J connectivity index is 0.000000637. The third-order valence-corrected chi connectivity index (χ3v) is 6.63. The van der Waals surface area contributed by atoms with Crippen molar-refractivity contribution < 1.29 is 13.9 Å². The standard InChI is InChI=1S/C15H16OS.F2/c1-17(2)14-8-4-3-6-11(14)10-12-13(16)7-5-9-15(12)17;1-2/h3-6,8-9H,7,10H2,1-2H3;. The van der Waals surface area contributed by atoms with Crippen molar-refractivity contribution in [3.8, 4) is 0 Å². The first-order valence-electron chi connectivity index (χ1n) is 5.99. The molecule has 19 heavy (non-hydrogen) atoms. The topological polar surface area (TPSA) is 17.1 Å². The highest BCUT2D eigenvalue weighted by Gasteiger charge is 2.32. The Morgan fingerprint density at radius 1 is 1.16 bits per heavy atom. The average molecular weight is 282 g/mol. The van der Waals surface area contributed by atoms with Crippen LogP contribution in [0.4, 0.5) is 9.15 Å². The molecule has 2 aliphatic rings. The van der Waals surface area contributed by atoms with Crippen LogP contribution in [0.25, 0.3) is 0 Å². The Morgan fingerprint density at radius 3 is 2.58 bits per heavy atom. The molecule has 3 rings (SSSR count). The minimum absolute atomic E-state index is 0.317. The molecule has 0 radical (unpaired) electrons. The van der Waals surface area contributed by atoms with Crippen LogP contribution in [-0.4, -0.2) is 18.3 Å². The van der Waals surface area contributed by atoms with E-state index in [1.165, 1.54) is 15.4 Å². The van der Waals surface area contributed by atoms with Gasteiger partial charge in [0.1, 0.15) is 0 Å². The van der Waals surface area contributed by atoms with Gasteiger partial charge < -0.3 is 0 Å². The van der Waals surface area contributed by atoms with E-state index in [1.807, 2.05) is 6.08 Å².